The van der Waals surface area contributed by atoms with E-state index in [4.69, 9.17) is 11.6 Å². The second-order valence-electron chi connectivity index (χ2n) is 7.55. The number of amides is 1. The number of benzene rings is 2. The van der Waals surface area contributed by atoms with Crippen LogP contribution in [0.5, 0.6) is 0 Å². The predicted octanol–water partition coefficient (Wildman–Crippen LogP) is 3.34. The number of carbonyl (C=O) groups is 1. The van der Waals surface area contributed by atoms with E-state index in [1.54, 1.807) is 21.8 Å². The summed E-state index contributed by atoms with van der Waals surface area (Å²) >= 11 is 6.13. The third-order valence-electron chi connectivity index (χ3n) is 5.59. The molecule has 11 heteroatoms. The normalized spacial score (nSPS) is 14.0. The minimum absolute atomic E-state index is 0.0394. The van der Waals surface area contributed by atoms with Crippen molar-refractivity contribution in [3.8, 4) is 5.69 Å². The monoisotopic (exact) mass is 463 g/mol. The first-order valence-electron chi connectivity index (χ1n) is 10.2. The number of nitro benzene ring substituents is 1. The Morgan fingerprint density at radius 2 is 1.79 bits per heavy atom. The van der Waals surface area contributed by atoms with Gasteiger partial charge in [-0.05, 0) is 30.3 Å². The van der Waals surface area contributed by atoms with Crippen LogP contribution in [0.15, 0.2) is 61.1 Å². The van der Waals surface area contributed by atoms with Gasteiger partial charge in [0.2, 0.25) is 0 Å². The SMILES string of the molecule is O=C(c1ccc([N+](=O)[O-])cc1)N1CCN(c2ncnc3c2cnn3-c2cccc(Cl)c2)CC1. The molecule has 0 N–H and O–H groups in total. The molecule has 10 nitrogen and oxygen atoms in total. The van der Waals surface area contributed by atoms with Gasteiger partial charge in [-0.2, -0.15) is 5.10 Å². The summed E-state index contributed by atoms with van der Waals surface area (Å²) in [6.45, 7) is 2.19. The van der Waals surface area contributed by atoms with Gasteiger partial charge in [-0.1, -0.05) is 17.7 Å². The highest BCUT2D eigenvalue weighted by molar-refractivity contribution is 6.30. The minimum Gasteiger partial charge on any atom is -0.352 e. The van der Waals surface area contributed by atoms with Gasteiger partial charge in [0, 0.05) is 48.9 Å². The number of non-ortho nitro benzene ring substituents is 1. The van der Waals surface area contributed by atoms with E-state index < -0.39 is 4.92 Å². The number of hydrogen-bond donors (Lipinski definition) is 0. The molecule has 3 heterocycles. The van der Waals surface area contributed by atoms with Gasteiger partial charge >= 0.3 is 0 Å². The minimum atomic E-state index is -0.482. The number of hydrogen-bond acceptors (Lipinski definition) is 7. The predicted molar refractivity (Wildman–Crippen MR) is 123 cm³/mol. The van der Waals surface area contributed by atoms with Gasteiger partial charge in [-0.25, -0.2) is 14.6 Å². The number of fused-ring (bicyclic) bond motifs is 1. The van der Waals surface area contributed by atoms with Crippen molar-refractivity contribution in [2.75, 3.05) is 31.1 Å². The lowest BCUT2D eigenvalue weighted by Crippen LogP contribution is -2.49. The first-order valence-corrected chi connectivity index (χ1v) is 10.6. The second kappa shape index (κ2) is 8.47. The molecule has 1 aliphatic heterocycles. The van der Waals surface area contributed by atoms with Crippen molar-refractivity contribution in [2.24, 2.45) is 0 Å². The molecule has 0 aliphatic carbocycles. The zero-order valence-electron chi connectivity index (χ0n) is 17.3. The molecule has 0 atom stereocenters. The lowest BCUT2D eigenvalue weighted by molar-refractivity contribution is -0.384. The van der Waals surface area contributed by atoms with Crippen molar-refractivity contribution < 1.29 is 9.72 Å². The van der Waals surface area contributed by atoms with Crippen LogP contribution in [-0.2, 0) is 0 Å². The Balaban J connectivity index is 1.33. The van der Waals surface area contributed by atoms with Crippen molar-refractivity contribution in [2.45, 2.75) is 0 Å². The van der Waals surface area contributed by atoms with Gasteiger partial charge in [0.05, 0.1) is 22.2 Å². The summed E-state index contributed by atoms with van der Waals surface area (Å²) in [7, 11) is 0. The van der Waals surface area contributed by atoms with Crippen LogP contribution in [0.1, 0.15) is 10.4 Å². The second-order valence-corrected chi connectivity index (χ2v) is 7.99. The number of aromatic nitrogens is 4. The van der Waals surface area contributed by atoms with E-state index in [0.717, 1.165) is 16.9 Å². The molecule has 4 aromatic rings. The van der Waals surface area contributed by atoms with E-state index in [9.17, 15) is 14.9 Å². The van der Waals surface area contributed by atoms with E-state index >= 15 is 0 Å². The number of rotatable bonds is 4. The van der Waals surface area contributed by atoms with Gasteiger partial charge in [0.25, 0.3) is 11.6 Å². The van der Waals surface area contributed by atoms with Crippen LogP contribution in [-0.4, -0.2) is 61.7 Å². The zero-order valence-corrected chi connectivity index (χ0v) is 18.1. The third-order valence-corrected chi connectivity index (χ3v) is 5.82. The van der Waals surface area contributed by atoms with Crippen LogP contribution in [0, 0.1) is 10.1 Å². The fraction of sp³-hybridized carbons (Fsp3) is 0.182. The fourth-order valence-electron chi connectivity index (χ4n) is 3.91. The molecule has 0 spiro atoms. The van der Waals surface area contributed by atoms with Crippen molar-refractivity contribution in [3.63, 3.8) is 0 Å². The van der Waals surface area contributed by atoms with Crippen LogP contribution in [0.3, 0.4) is 0 Å². The Morgan fingerprint density at radius 3 is 2.48 bits per heavy atom. The molecule has 0 unspecified atom stereocenters. The van der Waals surface area contributed by atoms with Crippen LogP contribution >= 0.6 is 11.6 Å². The molecule has 0 bridgehead atoms. The van der Waals surface area contributed by atoms with Gasteiger partial charge in [-0.15, -0.1) is 0 Å². The van der Waals surface area contributed by atoms with Crippen molar-refractivity contribution >= 4 is 40.0 Å². The van der Waals surface area contributed by atoms with Gasteiger partial charge in [0.1, 0.15) is 12.1 Å². The maximum absolute atomic E-state index is 12.8. The van der Waals surface area contributed by atoms with Crippen LogP contribution in [0.2, 0.25) is 5.02 Å². The smallest absolute Gasteiger partial charge is 0.269 e. The number of piperazine rings is 1. The zero-order chi connectivity index (χ0) is 22.9. The molecule has 2 aromatic heterocycles. The number of carbonyl (C=O) groups excluding carboxylic acids is 1. The molecule has 0 saturated carbocycles. The van der Waals surface area contributed by atoms with E-state index in [1.807, 2.05) is 18.2 Å². The molecule has 33 heavy (non-hydrogen) atoms. The molecule has 0 radical (unpaired) electrons. The molecule has 166 valence electrons. The highest BCUT2D eigenvalue weighted by atomic mass is 35.5. The molecule has 1 fully saturated rings. The maximum atomic E-state index is 12.8. The quantitative estimate of drug-likeness (QED) is 0.337. The average molecular weight is 464 g/mol. The summed E-state index contributed by atoms with van der Waals surface area (Å²) < 4.78 is 1.72. The summed E-state index contributed by atoms with van der Waals surface area (Å²) in [6.07, 6.45) is 3.24. The van der Waals surface area contributed by atoms with E-state index in [2.05, 4.69) is 20.0 Å². The summed E-state index contributed by atoms with van der Waals surface area (Å²) in [5.41, 5.74) is 1.87. The Kier molecular flexibility index (Phi) is 5.35. The number of nitro groups is 1. The summed E-state index contributed by atoms with van der Waals surface area (Å²) in [5, 5.41) is 16.7. The average Bonchev–Trinajstić information content (AvgIpc) is 3.28. The third kappa shape index (κ3) is 3.96. The van der Waals surface area contributed by atoms with Crippen LogP contribution in [0.4, 0.5) is 11.5 Å². The topological polar surface area (TPSA) is 110 Å². The maximum Gasteiger partial charge on any atom is 0.269 e. The molecular weight excluding hydrogens is 446 g/mol. The molecule has 1 amide bonds. The Hall–Kier alpha value is -4.05. The fourth-order valence-corrected chi connectivity index (χ4v) is 4.09. The van der Waals surface area contributed by atoms with Crippen molar-refractivity contribution in [1.29, 1.82) is 0 Å². The number of halogens is 1. The number of nitrogens with zero attached hydrogens (tertiary/aromatic N) is 7. The van der Waals surface area contributed by atoms with Gasteiger partial charge < -0.3 is 9.80 Å². The van der Waals surface area contributed by atoms with Crippen molar-refractivity contribution in [1.82, 2.24) is 24.6 Å². The molecule has 2 aromatic carbocycles. The first kappa shape index (κ1) is 20.8. The highest BCUT2D eigenvalue weighted by Gasteiger charge is 2.25. The molecule has 1 aliphatic rings. The Bertz CT molecular complexity index is 1350. The lowest BCUT2D eigenvalue weighted by atomic mass is 10.1. The Labute approximate surface area is 193 Å². The van der Waals surface area contributed by atoms with Gasteiger partial charge in [-0.3, -0.25) is 14.9 Å². The standard InChI is InChI=1S/C22H18ClN7O3/c23-16-2-1-3-18(12-16)29-21-19(13-26-29)20(24-14-25-21)27-8-10-28(11-9-27)22(31)15-4-6-17(7-5-15)30(32)33/h1-7,12-14H,8-11H2. The van der Waals surface area contributed by atoms with Crippen molar-refractivity contribution in [3.05, 3.63) is 81.8 Å². The first-order chi connectivity index (χ1) is 16.0. The molecule has 1 saturated heterocycles. The summed E-state index contributed by atoms with van der Waals surface area (Å²) in [6, 6.07) is 13.1. The number of anilines is 1. The molecular formula is C22H18ClN7O3. The van der Waals surface area contributed by atoms with E-state index in [-0.39, 0.29) is 11.6 Å². The largest absolute Gasteiger partial charge is 0.352 e. The highest BCUT2D eigenvalue weighted by Crippen LogP contribution is 2.26. The van der Waals surface area contributed by atoms with Crippen LogP contribution in [0.25, 0.3) is 16.7 Å². The van der Waals surface area contributed by atoms with E-state index in [0.29, 0.717) is 42.4 Å². The van der Waals surface area contributed by atoms with Crippen LogP contribution < -0.4 is 4.90 Å². The lowest BCUT2D eigenvalue weighted by Gasteiger charge is -2.35. The summed E-state index contributed by atoms with van der Waals surface area (Å²) in [4.78, 5) is 35.9. The van der Waals surface area contributed by atoms with E-state index in [1.165, 1.54) is 30.6 Å². The Morgan fingerprint density at radius 1 is 1.03 bits per heavy atom. The summed E-state index contributed by atoms with van der Waals surface area (Å²) in [5.74, 6) is 0.613. The van der Waals surface area contributed by atoms with Gasteiger partial charge in [0.15, 0.2) is 5.65 Å². The molecule has 5 rings (SSSR count).